The van der Waals surface area contributed by atoms with Gasteiger partial charge in [-0.3, -0.25) is 24.1 Å². The maximum atomic E-state index is 15.1. The molecule has 1 aromatic rings. The molecule has 5 rings (SSSR count). The smallest absolute Gasteiger partial charge is 0.255 e. The summed E-state index contributed by atoms with van der Waals surface area (Å²) in [5.41, 5.74) is 3.93. The van der Waals surface area contributed by atoms with E-state index >= 15 is 4.39 Å². The normalized spacial score (nSPS) is 26.0. The van der Waals surface area contributed by atoms with Crippen LogP contribution in [0.5, 0.6) is 5.75 Å². The molecule has 0 bridgehead atoms. The third-order valence-corrected chi connectivity index (χ3v) is 7.67. The van der Waals surface area contributed by atoms with Crippen LogP contribution in [0.1, 0.15) is 36.8 Å². The number of aliphatic hydroxyl groups excluding tert-OH is 2. The van der Waals surface area contributed by atoms with Crippen LogP contribution in [0.4, 0.5) is 10.1 Å². The molecule has 4 aliphatic rings. The van der Waals surface area contributed by atoms with Gasteiger partial charge in [0.2, 0.25) is 5.91 Å². The third kappa shape index (κ3) is 3.74. The number of carbonyl (C=O) groups excluding carboxylic acids is 4. The highest BCUT2D eigenvalue weighted by molar-refractivity contribution is 6.21. The molecule has 1 saturated carbocycles. The number of aliphatic hydroxyl groups is 2. The Labute approximate surface area is 205 Å². The van der Waals surface area contributed by atoms with Gasteiger partial charge in [-0.2, -0.15) is 0 Å². The minimum atomic E-state index is -1.25. The second-order valence-electron chi connectivity index (χ2n) is 9.89. The predicted octanol–water partition coefficient (Wildman–Crippen LogP) is 1.48. The van der Waals surface area contributed by atoms with Crippen molar-refractivity contribution in [1.29, 1.82) is 0 Å². The summed E-state index contributed by atoms with van der Waals surface area (Å²) in [6.45, 7) is 1.60. The summed E-state index contributed by atoms with van der Waals surface area (Å²) in [6.07, 6.45) is 1.90. The molecule has 0 spiro atoms. The lowest BCUT2D eigenvalue weighted by Crippen LogP contribution is -2.44. The van der Waals surface area contributed by atoms with E-state index in [0.29, 0.717) is 0 Å². The molecule has 0 radical (unpaired) electrons. The number of nitrogens with two attached hydrogens (primary N) is 1. The standard InChI is InChI=1S/C25H26FN3O7/c26-13-8-14(28-16(31)9-29-3-1-2-4-29)21(32)19-12(13)6-10-5-11-7-15(30)20(25(27)36)24(35)18(11)22(33)17(10)23(19)34/h8,10-11,18,32,34-35H,1-7,9H2,(H2,27,36)(H,28,31). The Hall–Kier alpha value is -3.73. The van der Waals surface area contributed by atoms with E-state index < -0.39 is 69.8 Å². The Morgan fingerprint density at radius 3 is 2.50 bits per heavy atom. The van der Waals surface area contributed by atoms with Crippen LogP contribution < -0.4 is 11.1 Å². The number of phenolic OH excluding ortho intramolecular Hbond substituents is 1. The largest absolute Gasteiger partial charge is 0.511 e. The maximum Gasteiger partial charge on any atom is 0.255 e. The fourth-order valence-corrected chi connectivity index (χ4v) is 6.09. The van der Waals surface area contributed by atoms with E-state index in [1.807, 2.05) is 4.90 Å². The number of hydrogen-bond acceptors (Lipinski definition) is 8. The first kappa shape index (κ1) is 24.0. The second kappa shape index (κ2) is 8.74. The molecule has 11 heteroatoms. The van der Waals surface area contributed by atoms with E-state index in [1.54, 1.807) is 0 Å². The van der Waals surface area contributed by atoms with Crippen LogP contribution >= 0.6 is 0 Å². The Morgan fingerprint density at radius 1 is 1.14 bits per heavy atom. The highest BCUT2D eigenvalue weighted by Crippen LogP contribution is 2.51. The number of phenols is 1. The lowest BCUT2D eigenvalue weighted by molar-refractivity contribution is -0.127. The number of carbonyl (C=O) groups is 4. The van der Waals surface area contributed by atoms with Gasteiger partial charge in [-0.15, -0.1) is 0 Å². The molecule has 190 valence electrons. The highest BCUT2D eigenvalue weighted by Gasteiger charge is 2.51. The van der Waals surface area contributed by atoms with E-state index in [9.17, 15) is 34.5 Å². The fraction of sp³-hybridized carbons (Fsp3) is 0.440. The summed E-state index contributed by atoms with van der Waals surface area (Å²) >= 11 is 0. The van der Waals surface area contributed by atoms with Crippen molar-refractivity contribution in [2.75, 3.05) is 25.0 Å². The van der Waals surface area contributed by atoms with Crippen molar-refractivity contribution in [2.24, 2.45) is 23.5 Å². The number of rotatable bonds is 4. The van der Waals surface area contributed by atoms with Gasteiger partial charge in [-0.05, 0) is 50.6 Å². The van der Waals surface area contributed by atoms with Crippen LogP contribution in [0, 0.1) is 23.6 Å². The topological polar surface area (TPSA) is 170 Å². The third-order valence-electron chi connectivity index (χ3n) is 7.67. The fourth-order valence-electron chi connectivity index (χ4n) is 6.09. The number of ketones is 2. The van der Waals surface area contributed by atoms with E-state index in [2.05, 4.69) is 5.32 Å². The number of nitrogens with one attached hydrogen (secondary N) is 1. The number of primary amides is 1. The van der Waals surface area contributed by atoms with Gasteiger partial charge < -0.3 is 26.4 Å². The summed E-state index contributed by atoms with van der Waals surface area (Å²) in [5.74, 6) is -8.25. The van der Waals surface area contributed by atoms with Gasteiger partial charge in [-0.1, -0.05) is 0 Å². The van der Waals surface area contributed by atoms with Crippen molar-refractivity contribution in [3.8, 4) is 5.75 Å². The van der Waals surface area contributed by atoms with Crippen LogP contribution in [0.3, 0.4) is 0 Å². The molecule has 0 aromatic heterocycles. The van der Waals surface area contributed by atoms with Crippen molar-refractivity contribution in [1.82, 2.24) is 4.90 Å². The zero-order chi connectivity index (χ0) is 25.9. The molecule has 1 saturated heterocycles. The van der Waals surface area contributed by atoms with Crippen LogP contribution in [-0.4, -0.2) is 63.2 Å². The van der Waals surface area contributed by atoms with Crippen molar-refractivity contribution in [3.05, 3.63) is 39.9 Å². The molecule has 1 aromatic carbocycles. The summed E-state index contributed by atoms with van der Waals surface area (Å²) in [4.78, 5) is 51.8. The number of likely N-dealkylation sites (tertiary alicyclic amines) is 1. The van der Waals surface area contributed by atoms with Gasteiger partial charge in [0.15, 0.2) is 17.3 Å². The number of allylic oxidation sites excluding steroid dienone is 2. The van der Waals surface area contributed by atoms with Gasteiger partial charge in [0, 0.05) is 23.6 Å². The number of fused-ring (bicyclic) bond motifs is 3. The summed E-state index contributed by atoms with van der Waals surface area (Å²) in [7, 11) is 0. The molecule has 3 atom stereocenters. The number of hydrogen-bond donors (Lipinski definition) is 5. The zero-order valence-electron chi connectivity index (χ0n) is 19.3. The minimum Gasteiger partial charge on any atom is -0.511 e. The second-order valence-corrected chi connectivity index (χ2v) is 9.89. The summed E-state index contributed by atoms with van der Waals surface area (Å²) in [5, 5.41) is 35.0. The number of Topliss-reactive ketones (excluding diaryl/α,β-unsaturated/α-hetero) is 2. The zero-order valence-corrected chi connectivity index (χ0v) is 19.3. The van der Waals surface area contributed by atoms with E-state index in [1.165, 1.54) is 0 Å². The van der Waals surface area contributed by atoms with E-state index in [0.717, 1.165) is 32.0 Å². The first-order valence-corrected chi connectivity index (χ1v) is 11.9. The summed E-state index contributed by atoms with van der Waals surface area (Å²) in [6, 6.07) is 0.986. The first-order chi connectivity index (χ1) is 17.1. The molecule has 3 unspecified atom stereocenters. The van der Waals surface area contributed by atoms with Crippen molar-refractivity contribution in [3.63, 3.8) is 0 Å². The van der Waals surface area contributed by atoms with Gasteiger partial charge >= 0.3 is 0 Å². The van der Waals surface area contributed by atoms with Gasteiger partial charge in [-0.25, -0.2) is 4.39 Å². The monoisotopic (exact) mass is 499 g/mol. The van der Waals surface area contributed by atoms with Crippen LogP contribution in [0.2, 0.25) is 0 Å². The lowest BCUT2D eigenvalue weighted by atomic mass is 9.61. The molecular weight excluding hydrogens is 473 g/mol. The number of anilines is 1. The Kier molecular flexibility index (Phi) is 5.82. The molecule has 1 heterocycles. The molecule has 10 nitrogen and oxygen atoms in total. The number of halogens is 1. The molecule has 1 aliphatic heterocycles. The van der Waals surface area contributed by atoms with Crippen LogP contribution in [0.25, 0.3) is 5.76 Å². The molecule has 36 heavy (non-hydrogen) atoms. The Bertz CT molecular complexity index is 1280. The minimum absolute atomic E-state index is 0.0118. The van der Waals surface area contributed by atoms with E-state index in [-0.39, 0.29) is 48.2 Å². The molecular formula is C25H26FN3O7. The molecule has 2 fully saturated rings. The van der Waals surface area contributed by atoms with Gasteiger partial charge in [0.05, 0.1) is 23.7 Å². The number of nitrogens with zero attached hydrogens (tertiary/aromatic N) is 1. The number of aromatic hydroxyl groups is 1. The summed E-state index contributed by atoms with van der Waals surface area (Å²) < 4.78 is 15.1. The lowest BCUT2D eigenvalue weighted by Gasteiger charge is -2.41. The van der Waals surface area contributed by atoms with E-state index in [4.69, 9.17) is 5.73 Å². The number of amides is 2. The number of benzene rings is 1. The van der Waals surface area contributed by atoms with Crippen molar-refractivity contribution >= 4 is 34.8 Å². The molecule has 3 aliphatic carbocycles. The SMILES string of the molecule is NC(=O)C1=C(O)C2C(=O)C3=C(O)c4c(O)c(NC(=O)CN5CCCC5)cc(F)c4CC3CC2CC1=O. The maximum absolute atomic E-state index is 15.1. The van der Waals surface area contributed by atoms with Gasteiger partial charge in [0.25, 0.3) is 5.91 Å². The van der Waals surface area contributed by atoms with Crippen molar-refractivity contribution in [2.45, 2.75) is 32.1 Å². The predicted molar refractivity (Wildman–Crippen MR) is 124 cm³/mol. The average molecular weight is 499 g/mol. The van der Waals surface area contributed by atoms with Crippen LogP contribution in [-0.2, 0) is 25.6 Å². The average Bonchev–Trinajstić information content (AvgIpc) is 3.29. The van der Waals surface area contributed by atoms with Crippen molar-refractivity contribution < 1.29 is 38.9 Å². The Morgan fingerprint density at radius 2 is 1.83 bits per heavy atom. The molecule has 6 N–H and O–H groups in total. The Balaban J connectivity index is 1.52. The van der Waals surface area contributed by atoms with Crippen LogP contribution in [0.15, 0.2) is 23.0 Å². The highest BCUT2D eigenvalue weighted by atomic mass is 19.1. The molecule has 2 amide bonds. The quantitative estimate of drug-likeness (QED) is 0.306. The first-order valence-electron chi connectivity index (χ1n) is 11.9. The van der Waals surface area contributed by atoms with Gasteiger partial charge in [0.1, 0.15) is 22.9 Å².